The molecule has 0 aliphatic carbocycles. The van der Waals surface area contributed by atoms with Gasteiger partial charge in [0.05, 0.1) is 5.92 Å². The number of aryl methyl sites for hydroxylation is 1. The van der Waals surface area contributed by atoms with E-state index in [0.717, 1.165) is 35.2 Å². The Bertz CT molecular complexity index is 927. The second-order valence-electron chi connectivity index (χ2n) is 6.88. The third-order valence-electron chi connectivity index (χ3n) is 4.94. The van der Waals surface area contributed by atoms with E-state index in [9.17, 15) is 14.4 Å². The Kier molecular flexibility index (Phi) is 4.97. The summed E-state index contributed by atoms with van der Waals surface area (Å²) in [5, 5.41) is 2.96. The Morgan fingerprint density at radius 1 is 1.12 bits per heavy atom. The molecule has 1 aliphatic rings. The molecule has 1 aliphatic heterocycles. The largest absolute Gasteiger partial charge is 0.357 e. The maximum Gasteiger partial charge on any atom is 0.332 e. The second kappa shape index (κ2) is 7.19. The Morgan fingerprint density at radius 2 is 1.81 bits per heavy atom. The summed E-state index contributed by atoms with van der Waals surface area (Å²) in [5.74, 6) is 0.336. The molecular weight excluding hydrogens is 332 g/mol. The maximum atomic E-state index is 12.6. The number of anilines is 2. The van der Waals surface area contributed by atoms with E-state index in [2.05, 4.69) is 5.32 Å². The molecule has 1 saturated heterocycles. The number of hydrogen-bond acceptors (Lipinski definition) is 4. The lowest BCUT2D eigenvalue weighted by Crippen LogP contribution is -2.45. The fourth-order valence-electron chi connectivity index (χ4n) is 3.31. The number of carbonyl (C=O) groups is 1. The number of amides is 1. The monoisotopic (exact) mass is 356 g/mol. The number of benzene rings is 1. The van der Waals surface area contributed by atoms with Gasteiger partial charge in [0.25, 0.3) is 5.56 Å². The summed E-state index contributed by atoms with van der Waals surface area (Å²) in [6, 6.07) is 9.15. The topological polar surface area (TPSA) is 76.3 Å². The highest BCUT2D eigenvalue weighted by Gasteiger charge is 2.27. The van der Waals surface area contributed by atoms with Crippen molar-refractivity contribution in [3.05, 3.63) is 56.7 Å². The molecule has 2 aromatic rings. The molecule has 7 heteroatoms. The number of nitrogens with zero attached hydrogens (tertiary/aromatic N) is 3. The average molecular weight is 356 g/mol. The van der Waals surface area contributed by atoms with Gasteiger partial charge in [-0.1, -0.05) is 17.7 Å². The molecule has 0 bridgehead atoms. The lowest BCUT2D eigenvalue weighted by molar-refractivity contribution is -0.120. The molecule has 1 atom stereocenters. The summed E-state index contributed by atoms with van der Waals surface area (Å²) in [6.45, 7) is 3.20. The fourth-order valence-corrected chi connectivity index (χ4v) is 3.31. The molecule has 1 aromatic carbocycles. The molecular formula is C19H24N4O3. The molecule has 3 rings (SSSR count). The summed E-state index contributed by atoms with van der Waals surface area (Å²) in [6.07, 6.45) is 1.61. The van der Waals surface area contributed by atoms with Crippen molar-refractivity contribution in [1.82, 2.24) is 9.13 Å². The number of nitrogens with one attached hydrogen (secondary N) is 1. The summed E-state index contributed by atoms with van der Waals surface area (Å²) in [5.41, 5.74) is 1.21. The molecule has 0 saturated carbocycles. The Hall–Kier alpha value is -2.83. The van der Waals surface area contributed by atoms with Gasteiger partial charge in [-0.05, 0) is 31.9 Å². The van der Waals surface area contributed by atoms with Crippen LogP contribution in [0.25, 0.3) is 0 Å². The van der Waals surface area contributed by atoms with Gasteiger partial charge in [0.1, 0.15) is 5.82 Å². The molecule has 0 radical (unpaired) electrons. The summed E-state index contributed by atoms with van der Waals surface area (Å²) >= 11 is 0. The smallest absolute Gasteiger partial charge is 0.332 e. The van der Waals surface area contributed by atoms with E-state index in [1.54, 1.807) is 7.05 Å². The zero-order chi connectivity index (χ0) is 18.8. The van der Waals surface area contributed by atoms with Crippen molar-refractivity contribution in [1.29, 1.82) is 0 Å². The van der Waals surface area contributed by atoms with Crippen molar-refractivity contribution >= 4 is 17.4 Å². The van der Waals surface area contributed by atoms with Gasteiger partial charge < -0.3 is 10.2 Å². The predicted octanol–water partition coefficient (Wildman–Crippen LogP) is 1.25. The van der Waals surface area contributed by atoms with Crippen molar-refractivity contribution in [3.63, 3.8) is 0 Å². The highest BCUT2D eigenvalue weighted by Crippen LogP contribution is 2.22. The summed E-state index contributed by atoms with van der Waals surface area (Å²) in [7, 11) is 3.11. The molecule has 7 nitrogen and oxygen atoms in total. The van der Waals surface area contributed by atoms with Crippen LogP contribution in [-0.4, -0.2) is 28.1 Å². The molecule has 1 amide bonds. The van der Waals surface area contributed by atoms with Crippen LogP contribution in [0.2, 0.25) is 0 Å². The van der Waals surface area contributed by atoms with E-state index in [-0.39, 0.29) is 23.1 Å². The summed E-state index contributed by atoms with van der Waals surface area (Å²) < 4.78 is 2.54. The molecule has 26 heavy (non-hydrogen) atoms. The number of piperidine rings is 1. The first-order valence-electron chi connectivity index (χ1n) is 8.76. The first-order valence-corrected chi connectivity index (χ1v) is 8.76. The van der Waals surface area contributed by atoms with Gasteiger partial charge in [0.2, 0.25) is 5.91 Å². The predicted molar refractivity (Wildman–Crippen MR) is 102 cm³/mol. The van der Waals surface area contributed by atoms with Crippen LogP contribution in [0.1, 0.15) is 18.4 Å². The van der Waals surface area contributed by atoms with Gasteiger partial charge in [-0.15, -0.1) is 0 Å². The van der Waals surface area contributed by atoms with Crippen molar-refractivity contribution in [2.24, 2.45) is 20.0 Å². The van der Waals surface area contributed by atoms with E-state index < -0.39 is 0 Å². The van der Waals surface area contributed by atoms with Crippen LogP contribution in [0.3, 0.4) is 0 Å². The quantitative estimate of drug-likeness (QED) is 0.898. The van der Waals surface area contributed by atoms with Gasteiger partial charge in [-0.3, -0.25) is 18.7 Å². The van der Waals surface area contributed by atoms with Crippen LogP contribution in [-0.2, 0) is 18.9 Å². The zero-order valence-corrected chi connectivity index (χ0v) is 15.4. The highest BCUT2D eigenvalue weighted by molar-refractivity contribution is 5.93. The Labute approximate surface area is 151 Å². The minimum atomic E-state index is -0.362. The third kappa shape index (κ3) is 3.56. The standard InChI is InChI=1S/C19H24N4O3/c1-13-6-8-15(9-7-13)20-18(25)14-5-4-10-23(12-14)16-11-17(24)22(3)19(26)21(16)2/h6-9,11,14H,4-5,10,12H2,1-3H3,(H,20,25)/t14-/m0/s1. The first kappa shape index (κ1) is 18.0. The fraction of sp³-hybridized carbons (Fsp3) is 0.421. The van der Waals surface area contributed by atoms with Gasteiger partial charge in [-0.2, -0.15) is 0 Å². The van der Waals surface area contributed by atoms with Crippen LogP contribution >= 0.6 is 0 Å². The average Bonchev–Trinajstić information content (AvgIpc) is 2.65. The first-order chi connectivity index (χ1) is 12.4. The van der Waals surface area contributed by atoms with Crippen molar-refractivity contribution in [3.8, 4) is 0 Å². The van der Waals surface area contributed by atoms with Crippen LogP contribution in [0.5, 0.6) is 0 Å². The third-order valence-corrected chi connectivity index (χ3v) is 4.94. The minimum absolute atomic E-state index is 0.0348. The molecule has 1 fully saturated rings. The minimum Gasteiger partial charge on any atom is -0.357 e. The number of rotatable bonds is 3. The zero-order valence-electron chi connectivity index (χ0n) is 15.4. The van der Waals surface area contributed by atoms with E-state index >= 15 is 0 Å². The Morgan fingerprint density at radius 3 is 2.50 bits per heavy atom. The van der Waals surface area contributed by atoms with E-state index in [0.29, 0.717) is 12.4 Å². The van der Waals surface area contributed by atoms with Crippen LogP contribution in [0, 0.1) is 12.8 Å². The van der Waals surface area contributed by atoms with Crippen LogP contribution in [0.4, 0.5) is 11.5 Å². The number of hydrogen-bond donors (Lipinski definition) is 1. The van der Waals surface area contributed by atoms with Gasteiger partial charge in [0, 0.05) is 38.9 Å². The van der Waals surface area contributed by atoms with Crippen molar-refractivity contribution < 1.29 is 4.79 Å². The van der Waals surface area contributed by atoms with Gasteiger partial charge in [0.15, 0.2) is 0 Å². The SMILES string of the molecule is Cc1ccc(NC(=O)[C@H]2CCCN(c3cc(=O)n(C)c(=O)n3C)C2)cc1. The number of carbonyl (C=O) groups excluding carboxylic acids is 1. The number of aromatic nitrogens is 2. The second-order valence-corrected chi connectivity index (χ2v) is 6.88. The van der Waals surface area contributed by atoms with Crippen LogP contribution < -0.4 is 21.5 Å². The van der Waals surface area contributed by atoms with Gasteiger partial charge >= 0.3 is 5.69 Å². The van der Waals surface area contributed by atoms with Crippen LogP contribution in [0.15, 0.2) is 39.9 Å². The lowest BCUT2D eigenvalue weighted by atomic mass is 9.97. The molecule has 0 unspecified atom stereocenters. The van der Waals surface area contributed by atoms with E-state index in [1.165, 1.54) is 17.7 Å². The lowest BCUT2D eigenvalue weighted by Gasteiger charge is -2.34. The summed E-state index contributed by atoms with van der Waals surface area (Å²) in [4.78, 5) is 38.7. The van der Waals surface area contributed by atoms with Crippen molar-refractivity contribution in [2.45, 2.75) is 19.8 Å². The van der Waals surface area contributed by atoms with E-state index in [4.69, 9.17) is 0 Å². The van der Waals surface area contributed by atoms with E-state index in [1.807, 2.05) is 36.1 Å². The van der Waals surface area contributed by atoms with Gasteiger partial charge in [-0.25, -0.2) is 4.79 Å². The highest BCUT2D eigenvalue weighted by atomic mass is 16.2. The van der Waals surface area contributed by atoms with Crippen molar-refractivity contribution in [2.75, 3.05) is 23.3 Å². The Balaban J connectivity index is 1.77. The molecule has 138 valence electrons. The molecule has 1 N–H and O–H groups in total. The molecule has 2 heterocycles. The molecule has 1 aromatic heterocycles. The maximum absolute atomic E-state index is 12.6. The molecule has 0 spiro atoms. The normalized spacial score (nSPS) is 17.2.